The van der Waals surface area contributed by atoms with Crippen LogP contribution in [0.1, 0.15) is 10.4 Å². The highest BCUT2D eigenvalue weighted by Crippen LogP contribution is 2.20. The van der Waals surface area contributed by atoms with E-state index in [4.69, 9.17) is 27.2 Å². The number of hydrogen-bond donors (Lipinski definition) is 2. The Hall–Kier alpha value is -2.50. The van der Waals surface area contributed by atoms with Crippen molar-refractivity contribution >= 4 is 23.3 Å². The topological polar surface area (TPSA) is 96.9 Å². The van der Waals surface area contributed by atoms with Crippen LogP contribution in [-0.4, -0.2) is 11.1 Å². The molecule has 0 bridgehead atoms. The molecule has 0 saturated heterocycles. The van der Waals surface area contributed by atoms with Crippen LogP contribution in [0.3, 0.4) is 0 Å². The fourth-order valence-corrected chi connectivity index (χ4v) is 1.22. The summed E-state index contributed by atoms with van der Waals surface area (Å²) in [6.07, 6.45) is 1.19. The van der Waals surface area contributed by atoms with Gasteiger partial charge in [-0.3, -0.25) is 0 Å². The van der Waals surface area contributed by atoms with E-state index >= 15 is 0 Å². The van der Waals surface area contributed by atoms with E-state index in [9.17, 15) is 4.79 Å². The summed E-state index contributed by atoms with van der Waals surface area (Å²) in [5.41, 5.74) is 0.257. The molecule has 0 aliphatic carbocycles. The monoisotopic (exact) mass is 247 g/mol. The quantitative estimate of drug-likeness (QED) is 0.799. The normalized spacial score (nSPS) is 8.65. The van der Waals surface area contributed by atoms with E-state index in [1.807, 2.05) is 0 Å². The molecule has 0 unspecified atom stereocenters. The molecule has 2 N–H and O–H groups in total. The van der Waals surface area contributed by atoms with Gasteiger partial charge in [0.25, 0.3) is 0 Å². The third-order valence-electron chi connectivity index (χ3n) is 1.82. The van der Waals surface area contributed by atoms with Crippen molar-refractivity contribution in [1.29, 1.82) is 10.5 Å². The molecule has 0 radical (unpaired) electrons. The lowest BCUT2D eigenvalue weighted by Crippen LogP contribution is -1.99. The van der Waals surface area contributed by atoms with Crippen molar-refractivity contribution in [2.45, 2.75) is 0 Å². The first-order valence-corrected chi connectivity index (χ1v) is 4.76. The van der Waals surface area contributed by atoms with Gasteiger partial charge in [0.2, 0.25) is 0 Å². The maximum Gasteiger partial charge on any atom is 0.337 e. The molecule has 0 fully saturated rings. The Morgan fingerprint density at radius 1 is 1.41 bits per heavy atom. The molecular weight excluding hydrogens is 242 g/mol. The third-order valence-corrected chi connectivity index (χ3v) is 2.15. The molecule has 0 amide bonds. The lowest BCUT2D eigenvalue weighted by molar-refractivity contribution is 0.0697. The molecule has 1 rings (SSSR count). The zero-order valence-corrected chi connectivity index (χ0v) is 9.19. The van der Waals surface area contributed by atoms with Crippen LogP contribution >= 0.6 is 11.6 Å². The minimum absolute atomic E-state index is 0.0551. The maximum atomic E-state index is 10.8. The van der Waals surface area contributed by atoms with E-state index in [-0.39, 0.29) is 16.2 Å². The largest absolute Gasteiger partial charge is 0.478 e. The van der Waals surface area contributed by atoms with Gasteiger partial charge in [-0.2, -0.15) is 10.5 Å². The summed E-state index contributed by atoms with van der Waals surface area (Å²) >= 11 is 5.68. The highest BCUT2D eigenvalue weighted by atomic mass is 35.5. The number of hydrogen-bond acceptors (Lipinski definition) is 4. The van der Waals surface area contributed by atoms with E-state index in [0.29, 0.717) is 5.69 Å². The molecular formula is C11H6ClN3O2. The van der Waals surface area contributed by atoms with Gasteiger partial charge in [-0.1, -0.05) is 11.6 Å². The molecule has 0 saturated carbocycles. The number of aromatic carboxylic acids is 1. The van der Waals surface area contributed by atoms with Gasteiger partial charge in [-0.25, -0.2) is 4.79 Å². The maximum absolute atomic E-state index is 10.8. The van der Waals surface area contributed by atoms with Gasteiger partial charge < -0.3 is 10.4 Å². The van der Waals surface area contributed by atoms with Crippen molar-refractivity contribution in [3.8, 4) is 12.1 Å². The summed E-state index contributed by atoms with van der Waals surface area (Å²) in [7, 11) is 0. The van der Waals surface area contributed by atoms with E-state index in [2.05, 4.69) is 5.32 Å². The van der Waals surface area contributed by atoms with Gasteiger partial charge in [0.1, 0.15) is 17.7 Å². The smallest absolute Gasteiger partial charge is 0.337 e. The molecule has 0 aliphatic rings. The number of allylic oxidation sites excluding steroid dienone is 1. The molecule has 0 heterocycles. The van der Waals surface area contributed by atoms with Gasteiger partial charge >= 0.3 is 5.97 Å². The third kappa shape index (κ3) is 3.23. The lowest BCUT2D eigenvalue weighted by atomic mass is 10.2. The number of anilines is 1. The molecule has 1 aromatic rings. The predicted molar refractivity (Wildman–Crippen MR) is 61.3 cm³/mol. The molecule has 84 valence electrons. The fourth-order valence-electron chi connectivity index (χ4n) is 1.02. The molecule has 0 aromatic heterocycles. The number of carboxylic acid groups (broad SMARTS) is 1. The molecule has 0 aliphatic heterocycles. The second-order valence-corrected chi connectivity index (χ2v) is 3.33. The van der Waals surface area contributed by atoms with Crippen LogP contribution in [0.25, 0.3) is 0 Å². The molecule has 5 nitrogen and oxygen atoms in total. The number of nitrogens with zero attached hydrogens (tertiary/aromatic N) is 2. The Kier molecular flexibility index (Phi) is 4.10. The summed E-state index contributed by atoms with van der Waals surface area (Å²) in [4.78, 5) is 10.8. The lowest BCUT2D eigenvalue weighted by Gasteiger charge is -2.03. The fraction of sp³-hybridized carbons (Fsp3) is 0. The Labute approximate surface area is 102 Å². The average molecular weight is 248 g/mol. The molecule has 6 heteroatoms. The predicted octanol–water partition coefficient (Wildman–Crippen LogP) is 2.38. The first-order chi connectivity index (χ1) is 8.08. The summed E-state index contributed by atoms with van der Waals surface area (Å²) in [5.74, 6) is -1.15. The number of rotatable bonds is 3. The number of nitriles is 2. The SMILES string of the molecule is N#CC(C#N)=CNc1ccc(Cl)c(C(=O)O)c1. The highest BCUT2D eigenvalue weighted by molar-refractivity contribution is 6.33. The number of carbonyl (C=O) groups is 1. The van der Waals surface area contributed by atoms with E-state index < -0.39 is 5.97 Å². The first-order valence-electron chi connectivity index (χ1n) is 4.38. The summed E-state index contributed by atoms with van der Waals surface area (Å²) in [6, 6.07) is 7.60. The van der Waals surface area contributed by atoms with Gasteiger partial charge in [0, 0.05) is 11.9 Å². The zero-order chi connectivity index (χ0) is 12.8. The van der Waals surface area contributed by atoms with Crippen LogP contribution in [0.15, 0.2) is 30.0 Å². The van der Waals surface area contributed by atoms with Crippen LogP contribution < -0.4 is 5.32 Å². The second-order valence-electron chi connectivity index (χ2n) is 2.93. The van der Waals surface area contributed by atoms with Crippen molar-refractivity contribution in [2.24, 2.45) is 0 Å². The Morgan fingerprint density at radius 2 is 2.06 bits per heavy atom. The number of halogens is 1. The van der Waals surface area contributed by atoms with Crippen molar-refractivity contribution in [3.05, 3.63) is 40.6 Å². The Bertz CT molecular complexity index is 551. The van der Waals surface area contributed by atoms with E-state index in [1.165, 1.54) is 24.4 Å². The van der Waals surface area contributed by atoms with Crippen LogP contribution in [0.2, 0.25) is 5.02 Å². The Balaban J connectivity index is 3.00. The minimum Gasteiger partial charge on any atom is -0.478 e. The number of benzene rings is 1. The van der Waals surface area contributed by atoms with Crippen molar-refractivity contribution in [3.63, 3.8) is 0 Å². The van der Waals surface area contributed by atoms with Gasteiger partial charge in [-0.15, -0.1) is 0 Å². The van der Waals surface area contributed by atoms with E-state index in [0.717, 1.165) is 0 Å². The van der Waals surface area contributed by atoms with Gasteiger partial charge in [0.05, 0.1) is 10.6 Å². The van der Waals surface area contributed by atoms with Gasteiger partial charge in [-0.05, 0) is 18.2 Å². The van der Waals surface area contributed by atoms with Crippen molar-refractivity contribution < 1.29 is 9.90 Å². The highest BCUT2D eigenvalue weighted by Gasteiger charge is 2.08. The second kappa shape index (κ2) is 5.55. The van der Waals surface area contributed by atoms with Crippen LogP contribution in [0.4, 0.5) is 5.69 Å². The standard InChI is InChI=1S/C11H6ClN3O2/c12-10-2-1-8(3-9(10)11(16)17)15-6-7(4-13)5-14/h1-3,6,15H,(H,16,17). The first kappa shape index (κ1) is 12.6. The molecule has 0 spiro atoms. The summed E-state index contributed by atoms with van der Waals surface area (Å²) in [6.45, 7) is 0. The summed E-state index contributed by atoms with van der Waals surface area (Å²) < 4.78 is 0. The van der Waals surface area contributed by atoms with Crippen LogP contribution in [0, 0.1) is 22.7 Å². The van der Waals surface area contributed by atoms with Crippen molar-refractivity contribution in [2.75, 3.05) is 5.32 Å². The van der Waals surface area contributed by atoms with Gasteiger partial charge in [0.15, 0.2) is 0 Å². The van der Waals surface area contributed by atoms with E-state index in [1.54, 1.807) is 12.1 Å². The molecule has 1 aromatic carbocycles. The van der Waals surface area contributed by atoms with Crippen molar-refractivity contribution in [1.82, 2.24) is 0 Å². The van der Waals surface area contributed by atoms with Crippen LogP contribution in [-0.2, 0) is 0 Å². The number of carboxylic acids is 1. The molecule has 17 heavy (non-hydrogen) atoms. The Morgan fingerprint density at radius 3 is 2.59 bits per heavy atom. The zero-order valence-electron chi connectivity index (χ0n) is 8.44. The van der Waals surface area contributed by atoms with Crippen LogP contribution in [0.5, 0.6) is 0 Å². The summed E-state index contributed by atoms with van der Waals surface area (Å²) in [5, 5.41) is 28.6. The average Bonchev–Trinajstić information content (AvgIpc) is 2.32. The molecule has 0 atom stereocenters. The number of nitrogens with one attached hydrogen (secondary N) is 1. The minimum atomic E-state index is -1.15.